The fraction of sp³-hybridized carbons (Fsp3) is 0.143. The molecule has 0 amide bonds. The number of nitrogen functional groups attached to an aromatic ring is 1. The van der Waals surface area contributed by atoms with Gasteiger partial charge in [-0.15, -0.1) is 0 Å². The van der Waals surface area contributed by atoms with Crippen molar-refractivity contribution in [2.24, 2.45) is 0 Å². The van der Waals surface area contributed by atoms with Crippen LogP contribution in [-0.4, -0.2) is 0 Å². The molecule has 106 valence electrons. The SMILES string of the molecule is Nc1cc(I)ccc1NCc1cccc(C(F)(F)F)c1. The fourth-order valence-electron chi connectivity index (χ4n) is 1.75. The van der Waals surface area contributed by atoms with Gasteiger partial charge in [0.2, 0.25) is 0 Å². The minimum Gasteiger partial charge on any atom is -0.397 e. The molecule has 0 unspecified atom stereocenters. The second-order valence-electron chi connectivity index (χ2n) is 4.28. The highest BCUT2D eigenvalue weighted by Crippen LogP contribution is 2.30. The van der Waals surface area contributed by atoms with Crippen molar-refractivity contribution in [3.8, 4) is 0 Å². The Labute approximate surface area is 128 Å². The van der Waals surface area contributed by atoms with Crippen LogP contribution in [0.4, 0.5) is 24.5 Å². The summed E-state index contributed by atoms with van der Waals surface area (Å²) < 4.78 is 38.8. The van der Waals surface area contributed by atoms with E-state index in [1.54, 1.807) is 12.1 Å². The Kier molecular flexibility index (Phi) is 4.42. The lowest BCUT2D eigenvalue weighted by Gasteiger charge is -2.12. The standard InChI is InChI=1S/C14H12F3IN2/c15-14(16,17)10-3-1-2-9(6-10)8-20-13-5-4-11(18)7-12(13)19/h1-7,20H,8,19H2. The molecule has 0 aliphatic heterocycles. The van der Waals surface area contributed by atoms with Crippen LogP contribution in [0.3, 0.4) is 0 Å². The predicted octanol–water partition coefficient (Wildman–Crippen LogP) is 4.50. The molecule has 0 aliphatic rings. The van der Waals surface area contributed by atoms with Crippen molar-refractivity contribution in [2.75, 3.05) is 11.1 Å². The molecule has 20 heavy (non-hydrogen) atoms. The largest absolute Gasteiger partial charge is 0.416 e. The van der Waals surface area contributed by atoms with Crippen LogP contribution in [0.25, 0.3) is 0 Å². The van der Waals surface area contributed by atoms with E-state index in [0.717, 1.165) is 15.7 Å². The maximum atomic E-state index is 12.6. The summed E-state index contributed by atoms with van der Waals surface area (Å²) in [6, 6.07) is 10.7. The second kappa shape index (κ2) is 5.90. The Morgan fingerprint density at radius 3 is 2.50 bits per heavy atom. The van der Waals surface area contributed by atoms with E-state index in [1.807, 2.05) is 12.1 Å². The van der Waals surface area contributed by atoms with Crippen LogP contribution in [0.2, 0.25) is 0 Å². The normalized spacial score (nSPS) is 11.4. The first kappa shape index (κ1) is 15.0. The second-order valence-corrected chi connectivity index (χ2v) is 5.53. The third-order valence-electron chi connectivity index (χ3n) is 2.75. The topological polar surface area (TPSA) is 38.0 Å². The maximum Gasteiger partial charge on any atom is 0.416 e. The molecule has 0 aliphatic carbocycles. The molecule has 2 nitrogen and oxygen atoms in total. The Morgan fingerprint density at radius 2 is 1.85 bits per heavy atom. The van der Waals surface area contributed by atoms with Crippen LogP contribution in [0.15, 0.2) is 42.5 Å². The van der Waals surface area contributed by atoms with E-state index in [2.05, 4.69) is 27.9 Å². The molecule has 0 aromatic heterocycles. The average molecular weight is 392 g/mol. The molecule has 0 fully saturated rings. The lowest BCUT2D eigenvalue weighted by atomic mass is 10.1. The molecule has 0 heterocycles. The zero-order chi connectivity index (χ0) is 14.8. The summed E-state index contributed by atoms with van der Waals surface area (Å²) in [7, 11) is 0. The molecule has 3 N–H and O–H groups in total. The van der Waals surface area contributed by atoms with Crippen LogP contribution in [0.1, 0.15) is 11.1 Å². The van der Waals surface area contributed by atoms with Crippen molar-refractivity contribution in [3.63, 3.8) is 0 Å². The molecule has 0 bridgehead atoms. The van der Waals surface area contributed by atoms with Crippen molar-refractivity contribution in [1.29, 1.82) is 0 Å². The number of nitrogens with one attached hydrogen (secondary N) is 1. The molecular weight excluding hydrogens is 380 g/mol. The van der Waals surface area contributed by atoms with E-state index < -0.39 is 11.7 Å². The van der Waals surface area contributed by atoms with Crippen molar-refractivity contribution in [2.45, 2.75) is 12.7 Å². The molecule has 0 atom stereocenters. The number of alkyl halides is 3. The summed E-state index contributed by atoms with van der Waals surface area (Å²) in [6.07, 6.45) is -4.32. The Hall–Kier alpha value is -1.44. The van der Waals surface area contributed by atoms with Gasteiger partial charge >= 0.3 is 6.18 Å². The van der Waals surface area contributed by atoms with Crippen LogP contribution in [0, 0.1) is 3.57 Å². The zero-order valence-corrected chi connectivity index (χ0v) is 12.5. The third-order valence-corrected chi connectivity index (χ3v) is 3.42. The smallest absolute Gasteiger partial charge is 0.397 e. The quantitative estimate of drug-likeness (QED) is 0.596. The minimum absolute atomic E-state index is 0.286. The molecule has 0 radical (unpaired) electrons. The Balaban J connectivity index is 2.11. The number of hydrogen-bond donors (Lipinski definition) is 2. The van der Waals surface area contributed by atoms with Gasteiger partial charge in [-0.05, 0) is 58.5 Å². The van der Waals surface area contributed by atoms with Crippen LogP contribution in [0.5, 0.6) is 0 Å². The van der Waals surface area contributed by atoms with E-state index in [4.69, 9.17) is 5.73 Å². The van der Waals surface area contributed by atoms with E-state index in [9.17, 15) is 13.2 Å². The van der Waals surface area contributed by atoms with E-state index in [1.165, 1.54) is 6.07 Å². The lowest BCUT2D eigenvalue weighted by Crippen LogP contribution is -2.07. The molecule has 0 saturated carbocycles. The summed E-state index contributed by atoms with van der Waals surface area (Å²) >= 11 is 2.14. The molecule has 0 spiro atoms. The van der Waals surface area contributed by atoms with Crippen molar-refractivity contribution in [3.05, 3.63) is 57.2 Å². The van der Waals surface area contributed by atoms with E-state index >= 15 is 0 Å². The summed E-state index contributed by atoms with van der Waals surface area (Å²) in [4.78, 5) is 0. The van der Waals surface area contributed by atoms with Crippen molar-refractivity contribution in [1.82, 2.24) is 0 Å². The maximum absolute atomic E-state index is 12.6. The summed E-state index contributed by atoms with van der Waals surface area (Å²) in [5.74, 6) is 0. The fourth-order valence-corrected chi connectivity index (χ4v) is 2.26. The first-order chi connectivity index (χ1) is 9.36. The number of halogens is 4. The number of benzene rings is 2. The molecule has 0 saturated heterocycles. The van der Waals surface area contributed by atoms with E-state index in [-0.39, 0.29) is 6.54 Å². The highest BCUT2D eigenvalue weighted by molar-refractivity contribution is 14.1. The number of rotatable bonds is 3. The minimum atomic E-state index is -4.32. The van der Waals surface area contributed by atoms with E-state index in [0.29, 0.717) is 16.9 Å². The Morgan fingerprint density at radius 1 is 1.10 bits per heavy atom. The van der Waals surface area contributed by atoms with Crippen LogP contribution >= 0.6 is 22.6 Å². The average Bonchev–Trinajstić information content (AvgIpc) is 2.37. The summed E-state index contributed by atoms with van der Waals surface area (Å²) in [5.41, 5.74) is 7.03. The molecule has 2 aromatic carbocycles. The van der Waals surface area contributed by atoms with Gasteiger partial charge in [0.15, 0.2) is 0 Å². The van der Waals surface area contributed by atoms with Gasteiger partial charge in [-0.1, -0.05) is 12.1 Å². The van der Waals surface area contributed by atoms with Gasteiger partial charge in [-0.25, -0.2) is 0 Å². The van der Waals surface area contributed by atoms with Gasteiger partial charge < -0.3 is 11.1 Å². The number of hydrogen-bond acceptors (Lipinski definition) is 2. The summed E-state index contributed by atoms with van der Waals surface area (Å²) in [5, 5.41) is 3.04. The van der Waals surface area contributed by atoms with Gasteiger partial charge in [0, 0.05) is 10.1 Å². The van der Waals surface area contributed by atoms with Crippen LogP contribution < -0.4 is 11.1 Å². The van der Waals surface area contributed by atoms with Gasteiger partial charge in [0.25, 0.3) is 0 Å². The van der Waals surface area contributed by atoms with Gasteiger partial charge in [-0.2, -0.15) is 13.2 Å². The van der Waals surface area contributed by atoms with Crippen molar-refractivity contribution >= 4 is 34.0 Å². The number of nitrogens with two attached hydrogens (primary N) is 1. The summed E-state index contributed by atoms with van der Waals surface area (Å²) in [6.45, 7) is 0.286. The van der Waals surface area contributed by atoms with Gasteiger partial charge in [0.05, 0.1) is 16.9 Å². The van der Waals surface area contributed by atoms with Crippen LogP contribution in [-0.2, 0) is 12.7 Å². The number of anilines is 2. The van der Waals surface area contributed by atoms with Crippen molar-refractivity contribution < 1.29 is 13.2 Å². The lowest BCUT2D eigenvalue weighted by molar-refractivity contribution is -0.137. The molecule has 2 rings (SSSR count). The molecule has 2 aromatic rings. The monoisotopic (exact) mass is 392 g/mol. The molecule has 6 heteroatoms. The highest BCUT2D eigenvalue weighted by atomic mass is 127. The first-order valence-electron chi connectivity index (χ1n) is 5.81. The Bertz CT molecular complexity index is 612. The third kappa shape index (κ3) is 3.78. The van der Waals surface area contributed by atoms with Gasteiger partial charge in [0.1, 0.15) is 0 Å². The highest BCUT2D eigenvalue weighted by Gasteiger charge is 2.30. The predicted molar refractivity (Wildman–Crippen MR) is 82.3 cm³/mol. The first-order valence-corrected chi connectivity index (χ1v) is 6.89. The van der Waals surface area contributed by atoms with Gasteiger partial charge in [-0.3, -0.25) is 0 Å². The molecular formula is C14H12F3IN2. The zero-order valence-electron chi connectivity index (χ0n) is 10.3.